The van der Waals surface area contributed by atoms with Crippen LogP contribution in [-0.2, 0) is 17.8 Å². The number of nitrogens with zero attached hydrogens (tertiary/aromatic N) is 4. The Morgan fingerprint density at radius 1 is 1.26 bits per heavy atom. The van der Waals surface area contributed by atoms with E-state index in [0.29, 0.717) is 25.4 Å². The summed E-state index contributed by atoms with van der Waals surface area (Å²) in [4.78, 5) is 25.8. The lowest BCUT2D eigenvalue weighted by molar-refractivity contribution is -0.130. The summed E-state index contributed by atoms with van der Waals surface area (Å²) in [6, 6.07) is 6.03. The van der Waals surface area contributed by atoms with Gasteiger partial charge in [0.1, 0.15) is 29.8 Å². The molecule has 0 saturated carbocycles. The molecule has 0 aliphatic carbocycles. The first-order valence-corrected chi connectivity index (χ1v) is 11.0. The summed E-state index contributed by atoms with van der Waals surface area (Å²) in [5, 5.41) is 3.43. The van der Waals surface area contributed by atoms with Crippen molar-refractivity contribution in [2.75, 3.05) is 45.2 Å². The molecule has 3 heterocycles. The van der Waals surface area contributed by atoms with Crippen molar-refractivity contribution in [2.45, 2.75) is 38.6 Å². The molecule has 1 atom stereocenters. The van der Waals surface area contributed by atoms with Crippen LogP contribution in [0.4, 0.5) is 10.2 Å². The van der Waals surface area contributed by atoms with Crippen LogP contribution in [0.5, 0.6) is 5.75 Å². The van der Waals surface area contributed by atoms with Crippen LogP contribution in [0.1, 0.15) is 42.8 Å². The molecule has 0 spiro atoms. The highest BCUT2D eigenvalue weighted by Gasteiger charge is 2.28. The summed E-state index contributed by atoms with van der Waals surface area (Å²) in [6.45, 7) is 5.92. The molecule has 1 aromatic carbocycles. The van der Waals surface area contributed by atoms with Gasteiger partial charge in [0.2, 0.25) is 5.91 Å². The number of halogens is 1. The SMILES string of the molecule is CC(=O)N1CCCC(c2nc3c(c(NCCOc4ccc(F)cc4)n2)CN(C)CC3)C1. The summed E-state index contributed by atoms with van der Waals surface area (Å²) in [6.07, 6.45) is 2.86. The number of nitrogens with one attached hydrogen (secondary N) is 1. The van der Waals surface area contributed by atoms with Crippen molar-refractivity contribution >= 4 is 11.7 Å². The zero-order valence-electron chi connectivity index (χ0n) is 18.2. The van der Waals surface area contributed by atoms with Crippen LogP contribution in [0.2, 0.25) is 0 Å². The number of hydrogen-bond donors (Lipinski definition) is 1. The van der Waals surface area contributed by atoms with E-state index < -0.39 is 0 Å². The second-order valence-corrected chi connectivity index (χ2v) is 8.38. The molecule has 2 aliphatic heterocycles. The van der Waals surface area contributed by atoms with Gasteiger partial charge in [-0.1, -0.05) is 0 Å². The molecule has 4 rings (SSSR count). The number of carbonyl (C=O) groups is 1. The lowest BCUT2D eigenvalue weighted by atomic mass is 9.96. The number of ether oxygens (including phenoxy) is 1. The molecule has 7 nitrogen and oxygen atoms in total. The van der Waals surface area contributed by atoms with Crippen LogP contribution in [0.3, 0.4) is 0 Å². The van der Waals surface area contributed by atoms with E-state index in [0.717, 1.165) is 61.8 Å². The summed E-state index contributed by atoms with van der Waals surface area (Å²) in [7, 11) is 2.10. The van der Waals surface area contributed by atoms with Crippen LogP contribution < -0.4 is 10.1 Å². The van der Waals surface area contributed by atoms with Gasteiger partial charge in [0, 0.05) is 51.0 Å². The molecule has 0 bridgehead atoms. The Kier molecular flexibility index (Phi) is 6.65. The molecular formula is C23H30FN5O2. The quantitative estimate of drug-likeness (QED) is 0.715. The molecule has 1 amide bonds. The second-order valence-electron chi connectivity index (χ2n) is 8.38. The number of likely N-dealkylation sites (tertiary alicyclic amines) is 1. The van der Waals surface area contributed by atoms with Gasteiger partial charge in [-0.15, -0.1) is 0 Å². The van der Waals surface area contributed by atoms with Crippen molar-refractivity contribution < 1.29 is 13.9 Å². The van der Waals surface area contributed by atoms with Crippen molar-refractivity contribution in [3.8, 4) is 5.75 Å². The Morgan fingerprint density at radius 3 is 2.84 bits per heavy atom. The minimum atomic E-state index is -0.277. The molecule has 166 valence electrons. The molecule has 1 unspecified atom stereocenters. The summed E-state index contributed by atoms with van der Waals surface area (Å²) >= 11 is 0. The second kappa shape index (κ2) is 9.60. The average Bonchev–Trinajstić information content (AvgIpc) is 2.78. The Labute approximate surface area is 182 Å². The molecule has 2 aromatic rings. The van der Waals surface area contributed by atoms with E-state index in [1.54, 1.807) is 19.1 Å². The van der Waals surface area contributed by atoms with Crippen molar-refractivity contribution in [2.24, 2.45) is 0 Å². The highest BCUT2D eigenvalue weighted by Crippen LogP contribution is 2.29. The van der Waals surface area contributed by atoms with Crippen LogP contribution in [0.25, 0.3) is 0 Å². The van der Waals surface area contributed by atoms with Crippen molar-refractivity contribution in [3.05, 3.63) is 47.2 Å². The van der Waals surface area contributed by atoms with Crippen molar-refractivity contribution in [3.63, 3.8) is 0 Å². The standard InChI is InChI=1S/C23H30FN5O2/c1-16(30)29-11-3-4-17(14-29)22-26-21-9-12-28(2)15-20(21)23(27-22)25-10-13-31-19-7-5-18(24)6-8-19/h5-8,17H,3-4,9-15H2,1-2H3,(H,25,26,27). The smallest absolute Gasteiger partial charge is 0.219 e. The van der Waals surface area contributed by atoms with E-state index in [1.165, 1.54) is 12.1 Å². The van der Waals surface area contributed by atoms with Crippen molar-refractivity contribution in [1.82, 2.24) is 19.8 Å². The van der Waals surface area contributed by atoms with E-state index >= 15 is 0 Å². The number of anilines is 1. The number of fused-ring (bicyclic) bond motifs is 1. The number of likely N-dealkylation sites (N-methyl/N-ethyl adjacent to an activating group) is 1. The minimum absolute atomic E-state index is 0.112. The maximum Gasteiger partial charge on any atom is 0.219 e. The van der Waals surface area contributed by atoms with E-state index in [-0.39, 0.29) is 17.6 Å². The van der Waals surface area contributed by atoms with Crippen molar-refractivity contribution in [1.29, 1.82) is 0 Å². The van der Waals surface area contributed by atoms with Gasteiger partial charge in [-0.3, -0.25) is 4.79 Å². The van der Waals surface area contributed by atoms with Crippen LogP contribution in [-0.4, -0.2) is 65.5 Å². The third-order valence-electron chi connectivity index (χ3n) is 5.98. The number of rotatable bonds is 6. The first-order valence-electron chi connectivity index (χ1n) is 11.0. The fourth-order valence-corrected chi connectivity index (χ4v) is 4.24. The van der Waals surface area contributed by atoms with E-state index in [4.69, 9.17) is 14.7 Å². The highest BCUT2D eigenvalue weighted by atomic mass is 19.1. The number of benzene rings is 1. The zero-order valence-corrected chi connectivity index (χ0v) is 18.2. The minimum Gasteiger partial charge on any atom is -0.492 e. The van der Waals surface area contributed by atoms with Crippen LogP contribution in [0.15, 0.2) is 24.3 Å². The third-order valence-corrected chi connectivity index (χ3v) is 5.98. The van der Waals surface area contributed by atoms with E-state index in [1.807, 2.05) is 4.90 Å². The number of piperidine rings is 1. The van der Waals surface area contributed by atoms with Gasteiger partial charge in [0.05, 0.1) is 12.2 Å². The lowest BCUT2D eigenvalue weighted by Gasteiger charge is -2.32. The number of aromatic nitrogens is 2. The van der Waals surface area contributed by atoms with Gasteiger partial charge < -0.3 is 19.9 Å². The summed E-state index contributed by atoms with van der Waals surface area (Å²) in [5.41, 5.74) is 2.24. The lowest BCUT2D eigenvalue weighted by Crippen LogP contribution is -2.38. The van der Waals surface area contributed by atoms with E-state index in [9.17, 15) is 9.18 Å². The maximum absolute atomic E-state index is 13.0. The number of carbonyl (C=O) groups excluding carboxylic acids is 1. The predicted octanol–water partition coefficient (Wildman–Crippen LogP) is 2.82. The topological polar surface area (TPSA) is 70.6 Å². The Hall–Kier alpha value is -2.74. The zero-order chi connectivity index (χ0) is 21.8. The molecule has 1 saturated heterocycles. The Bertz CT molecular complexity index is 921. The molecule has 1 aromatic heterocycles. The first kappa shape index (κ1) is 21.5. The van der Waals surface area contributed by atoms with Crippen LogP contribution >= 0.6 is 0 Å². The molecule has 31 heavy (non-hydrogen) atoms. The number of amides is 1. The van der Waals surface area contributed by atoms with Gasteiger partial charge >= 0.3 is 0 Å². The van der Waals surface area contributed by atoms with Gasteiger partial charge in [-0.25, -0.2) is 14.4 Å². The van der Waals surface area contributed by atoms with Gasteiger partial charge in [0.15, 0.2) is 0 Å². The van der Waals surface area contributed by atoms with Crippen LogP contribution in [0, 0.1) is 5.82 Å². The molecule has 8 heteroatoms. The molecule has 1 N–H and O–H groups in total. The largest absolute Gasteiger partial charge is 0.492 e. The maximum atomic E-state index is 13.0. The predicted molar refractivity (Wildman–Crippen MR) is 117 cm³/mol. The molecule has 0 radical (unpaired) electrons. The van der Waals surface area contributed by atoms with Gasteiger partial charge in [-0.05, 0) is 44.2 Å². The fourth-order valence-electron chi connectivity index (χ4n) is 4.24. The summed E-state index contributed by atoms with van der Waals surface area (Å²) in [5.74, 6) is 2.32. The average molecular weight is 428 g/mol. The molecular weight excluding hydrogens is 397 g/mol. The Morgan fingerprint density at radius 2 is 2.06 bits per heavy atom. The normalized spacial score (nSPS) is 19.1. The number of hydrogen-bond acceptors (Lipinski definition) is 6. The van der Waals surface area contributed by atoms with Gasteiger partial charge in [-0.2, -0.15) is 0 Å². The monoisotopic (exact) mass is 427 g/mol. The third kappa shape index (κ3) is 5.31. The first-order chi connectivity index (χ1) is 15.0. The fraction of sp³-hybridized carbons (Fsp3) is 0.522. The molecule has 2 aliphatic rings. The van der Waals surface area contributed by atoms with E-state index in [2.05, 4.69) is 17.3 Å². The molecule has 1 fully saturated rings. The Balaban J connectivity index is 1.47. The van der Waals surface area contributed by atoms with Gasteiger partial charge in [0.25, 0.3) is 0 Å². The summed E-state index contributed by atoms with van der Waals surface area (Å²) < 4.78 is 18.7. The highest BCUT2D eigenvalue weighted by molar-refractivity contribution is 5.73.